The zero-order chi connectivity index (χ0) is 32.3. The molecule has 5 unspecified atom stereocenters. The number of ether oxygens (including phenoxy) is 1. The number of hydrogen-bond acceptors (Lipinski definition) is 6. The van der Waals surface area contributed by atoms with Crippen LogP contribution in [0.15, 0.2) is 84.4 Å². The van der Waals surface area contributed by atoms with Crippen LogP contribution >= 0.6 is 11.6 Å². The fourth-order valence-corrected chi connectivity index (χ4v) is 7.50. The second-order valence-corrected chi connectivity index (χ2v) is 12.7. The maximum atomic E-state index is 13.7. The number of allylic oxidation sites excluding steroid dienone is 2. The van der Waals surface area contributed by atoms with Crippen molar-refractivity contribution in [3.63, 3.8) is 0 Å². The summed E-state index contributed by atoms with van der Waals surface area (Å²) in [4.78, 5) is 59.9. The Kier molecular flexibility index (Phi) is 7.56. The second-order valence-electron chi connectivity index (χ2n) is 12.3. The van der Waals surface area contributed by atoms with E-state index in [9.17, 15) is 23.6 Å². The Bertz CT molecular complexity index is 1960. The van der Waals surface area contributed by atoms with Crippen molar-refractivity contribution in [2.75, 3.05) is 10.8 Å². The fourth-order valence-electron chi connectivity index (χ4n) is 7.30. The lowest BCUT2D eigenvalue weighted by molar-refractivity contribution is -0.123. The Morgan fingerprint density at radius 2 is 1.70 bits per heavy atom. The number of amides is 2. The summed E-state index contributed by atoms with van der Waals surface area (Å²) in [6, 6.07) is 19.2. The van der Waals surface area contributed by atoms with Crippen LogP contribution in [-0.4, -0.2) is 40.5 Å². The van der Waals surface area contributed by atoms with Crippen LogP contribution < -0.4 is 4.90 Å². The number of Topliss-reactive ketones (excluding diaryl/α,β-unsaturated/α-hetero) is 1. The van der Waals surface area contributed by atoms with Crippen LogP contribution in [0, 0.1) is 36.4 Å². The summed E-state index contributed by atoms with van der Waals surface area (Å²) < 4.78 is 19.2. The highest BCUT2D eigenvalue weighted by Gasteiger charge is 2.60. The minimum Gasteiger partial charge on any atom is -0.450 e. The number of fused-ring (bicyclic) bond motifs is 6. The van der Waals surface area contributed by atoms with Crippen LogP contribution in [0.1, 0.15) is 46.0 Å². The van der Waals surface area contributed by atoms with Gasteiger partial charge in [-0.15, -0.1) is 11.6 Å². The summed E-state index contributed by atoms with van der Waals surface area (Å²) in [5.74, 6) is -2.24. The van der Waals surface area contributed by atoms with Crippen LogP contribution in [0.3, 0.4) is 0 Å². The summed E-state index contributed by atoms with van der Waals surface area (Å²) in [6.07, 6.45) is 1.93. The molecule has 9 heteroatoms. The number of pyridine rings is 1. The number of halogens is 2. The van der Waals surface area contributed by atoms with Crippen LogP contribution in [0.2, 0.25) is 0 Å². The maximum Gasteiger partial charge on any atom is 0.339 e. The predicted octanol–water partition coefficient (Wildman–Crippen LogP) is 7.09. The molecule has 0 radical (unpaired) electrons. The highest BCUT2D eigenvalue weighted by molar-refractivity contribution is 6.23. The molecule has 7 rings (SSSR count). The molecular formula is C37H30ClFN2O5. The molecule has 7 nitrogen and oxygen atoms in total. The number of esters is 1. The van der Waals surface area contributed by atoms with E-state index in [1.54, 1.807) is 30.3 Å². The van der Waals surface area contributed by atoms with Gasteiger partial charge >= 0.3 is 5.97 Å². The molecule has 3 aromatic carbocycles. The summed E-state index contributed by atoms with van der Waals surface area (Å²) in [5, 5.41) is 0.558. The van der Waals surface area contributed by atoms with Crippen molar-refractivity contribution in [3.05, 3.63) is 107 Å². The summed E-state index contributed by atoms with van der Waals surface area (Å²) >= 11 is 5.97. The van der Waals surface area contributed by atoms with Crippen LogP contribution in [0.4, 0.5) is 10.1 Å². The smallest absolute Gasteiger partial charge is 0.339 e. The third kappa shape index (κ3) is 5.01. The van der Waals surface area contributed by atoms with Gasteiger partial charge in [0.15, 0.2) is 6.10 Å². The highest BCUT2D eigenvalue weighted by atomic mass is 35.5. The van der Waals surface area contributed by atoms with Gasteiger partial charge < -0.3 is 4.74 Å². The number of anilines is 1. The molecule has 0 N–H and O–H groups in total. The number of alkyl halides is 1. The topological polar surface area (TPSA) is 93.6 Å². The number of ketones is 1. The van der Waals surface area contributed by atoms with E-state index in [1.807, 2.05) is 32.0 Å². The number of aryl methyl sites for hydroxylation is 1. The zero-order valence-electron chi connectivity index (χ0n) is 25.2. The predicted molar refractivity (Wildman–Crippen MR) is 172 cm³/mol. The van der Waals surface area contributed by atoms with Gasteiger partial charge in [-0.05, 0) is 86.7 Å². The van der Waals surface area contributed by atoms with Crippen LogP contribution in [0.5, 0.6) is 0 Å². The number of nitrogens with zero attached hydrogens (tertiary/aromatic N) is 2. The average Bonchev–Trinajstić information content (AvgIpc) is 3.69. The first kappa shape index (κ1) is 30.0. The third-order valence-corrected chi connectivity index (χ3v) is 9.75. The summed E-state index contributed by atoms with van der Waals surface area (Å²) in [6.45, 7) is 3.94. The van der Waals surface area contributed by atoms with E-state index < -0.39 is 23.7 Å². The molecular weight excluding hydrogens is 607 g/mol. The van der Waals surface area contributed by atoms with E-state index in [0.717, 1.165) is 12.0 Å². The van der Waals surface area contributed by atoms with E-state index in [1.165, 1.54) is 34.7 Å². The van der Waals surface area contributed by atoms with Gasteiger partial charge in [0.25, 0.3) is 0 Å². The number of carbonyl (C=O) groups excluding carboxylic acids is 4. The largest absolute Gasteiger partial charge is 0.450 e. The number of aromatic nitrogens is 1. The number of benzene rings is 3. The molecule has 3 aliphatic rings. The van der Waals surface area contributed by atoms with Gasteiger partial charge in [-0.2, -0.15) is 0 Å². The maximum absolute atomic E-state index is 13.7. The number of rotatable bonds is 8. The Balaban J connectivity index is 1.19. The molecule has 5 atom stereocenters. The van der Waals surface area contributed by atoms with Gasteiger partial charge in [0.05, 0.1) is 34.3 Å². The van der Waals surface area contributed by atoms with Gasteiger partial charge in [-0.1, -0.05) is 35.4 Å². The van der Waals surface area contributed by atoms with Crippen molar-refractivity contribution in [1.82, 2.24) is 4.98 Å². The van der Waals surface area contributed by atoms with Crippen molar-refractivity contribution < 1.29 is 28.3 Å². The minimum absolute atomic E-state index is 0.0691. The molecule has 2 amide bonds. The second kappa shape index (κ2) is 11.6. The monoisotopic (exact) mass is 636 g/mol. The molecule has 2 bridgehead atoms. The molecule has 1 saturated carbocycles. The fraction of sp³-hybridized carbons (Fsp3) is 0.270. The van der Waals surface area contributed by atoms with Crippen LogP contribution in [-0.2, 0) is 14.3 Å². The Hall–Kier alpha value is -4.69. The van der Waals surface area contributed by atoms with Crippen molar-refractivity contribution in [2.24, 2.45) is 23.7 Å². The normalized spacial score (nSPS) is 22.3. The SMILES string of the molecule is CC1=CC2CC1C1C(=O)N(c3ccc(-c4cc(C(=O)OC(CCCl)C(=O)c5ccc(F)cc5)c5cc(C)ccc5n4)cc3)C(=O)C21. The standard InChI is InChI=1S/C37H30ClFN2O5/c1-19-3-12-29-27(15-19)28(37(45)46-31(13-14-38)34(42)22-4-8-24(39)9-5-22)18-30(40-29)21-6-10-25(11-7-21)41-35(43)32-23-16-20(2)26(17-23)33(32)36(41)44/h3-12,15-16,18,23,26,31-33H,13-14,17H2,1-2H3. The molecule has 232 valence electrons. The van der Waals surface area contributed by atoms with E-state index in [4.69, 9.17) is 21.3 Å². The third-order valence-electron chi connectivity index (χ3n) is 9.53. The lowest BCUT2D eigenvalue weighted by Crippen LogP contribution is -2.32. The quantitative estimate of drug-likeness (QED) is 0.0674. The van der Waals surface area contributed by atoms with Crippen molar-refractivity contribution >= 4 is 51.8 Å². The Morgan fingerprint density at radius 1 is 0.978 bits per heavy atom. The molecule has 4 aromatic rings. The van der Waals surface area contributed by atoms with E-state index in [-0.39, 0.29) is 58.9 Å². The molecule has 0 spiro atoms. The van der Waals surface area contributed by atoms with Crippen molar-refractivity contribution in [2.45, 2.75) is 32.8 Å². The lowest BCUT2D eigenvalue weighted by atomic mass is 9.82. The molecule has 1 aliphatic heterocycles. The molecule has 2 aliphatic carbocycles. The Labute approximate surface area is 270 Å². The van der Waals surface area contributed by atoms with Gasteiger partial charge in [0.2, 0.25) is 17.6 Å². The van der Waals surface area contributed by atoms with Gasteiger partial charge in [-0.25, -0.2) is 14.2 Å². The van der Waals surface area contributed by atoms with Gasteiger partial charge in [-0.3, -0.25) is 19.3 Å². The first-order valence-corrected chi connectivity index (χ1v) is 15.8. The lowest BCUT2D eigenvalue weighted by Gasteiger charge is -2.19. The first-order chi connectivity index (χ1) is 22.1. The first-order valence-electron chi connectivity index (χ1n) is 15.3. The highest BCUT2D eigenvalue weighted by Crippen LogP contribution is 2.56. The molecule has 46 heavy (non-hydrogen) atoms. The molecule has 2 heterocycles. The van der Waals surface area contributed by atoms with Gasteiger partial charge in [0.1, 0.15) is 5.82 Å². The minimum atomic E-state index is -1.17. The van der Waals surface area contributed by atoms with Crippen LogP contribution in [0.25, 0.3) is 22.2 Å². The van der Waals surface area contributed by atoms with E-state index in [2.05, 4.69) is 6.08 Å². The van der Waals surface area contributed by atoms with Gasteiger partial charge in [0, 0.05) is 28.8 Å². The van der Waals surface area contributed by atoms with E-state index in [0.29, 0.717) is 27.8 Å². The van der Waals surface area contributed by atoms with Crippen molar-refractivity contribution in [1.29, 1.82) is 0 Å². The number of hydrogen-bond donors (Lipinski definition) is 0. The number of imide groups is 1. The summed E-state index contributed by atoms with van der Waals surface area (Å²) in [5.41, 5.74) is 4.72. The van der Waals surface area contributed by atoms with Crippen molar-refractivity contribution in [3.8, 4) is 11.3 Å². The molecule has 1 saturated heterocycles. The Morgan fingerprint density at radius 3 is 2.41 bits per heavy atom. The average molecular weight is 637 g/mol. The number of carbonyl (C=O) groups is 4. The molecule has 1 aromatic heterocycles. The van der Waals surface area contributed by atoms with E-state index >= 15 is 0 Å². The molecule has 2 fully saturated rings. The summed E-state index contributed by atoms with van der Waals surface area (Å²) in [7, 11) is 0. The zero-order valence-corrected chi connectivity index (χ0v) is 26.0.